The summed E-state index contributed by atoms with van der Waals surface area (Å²) in [5.74, 6) is -1.70. The molecule has 1 aromatic rings. The van der Waals surface area contributed by atoms with Gasteiger partial charge in [0.15, 0.2) is 5.54 Å². The lowest BCUT2D eigenvalue weighted by molar-refractivity contribution is -0.145. The molecule has 0 aliphatic heterocycles. The molecule has 6 heteroatoms. The van der Waals surface area contributed by atoms with Gasteiger partial charge in [0.25, 0.3) is 0 Å². The normalized spacial score (nSPS) is 20.1. The number of carboxylic acid groups (broad SMARTS) is 1. The van der Waals surface area contributed by atoms with Crippen LogP contribution in [0.2, 0.25) is 0 Å². The molecule has 5 nitrogen and oxygen atoms in total. The van der Waals surface area contributed by atoms with Crippen LogP contribution >= 0.6 is 0 Å². The van der Waals surface area contributed by atoms with E-state index in [0.717, 1.165) is 0 Å². The van der Waals surface area contributed by atoms with E-state index in [4.69, 9.17) is 4.74 Å². The highest BCUT2D eigenvalue weighted by Crippen LogP contribution is 2.38. The van der Waals surface area contributed by atoms with Gasteiger partial charge in [0, 0.05) is 0 Å². The molecule has 1 atom stereocenters. The number of rotatable bonds is 4. The average molecular weight is 279 g/mol. The SMILES string of the molecule is C=CCOC(=O)NC1(C(=O)O)CCc2c(F)cccc21. The molecule has 106 valence electrons. The predicted molar refractivity (Wildman–Crippen MR) is 68.7 cm³/mol. The maximum absolute atomic E-state index is 13.7. The van der Waals surface area contributed by atoms with Crippen LogP contribution in [0, 0.1) is 5.82 Å². The van der Waals surface area contributed by atoms with E-state index in [2.05, 4.69) is 11.9 Å². The first-order valence-electron chi connectivity index (χ1n) is 6.08. The van der Waals surface area contributed by atoms with E-state index in [9.17, 15) is 19.1 Å². The Morgan fingerprint density at radius 1 is 1.55 bits per heavy atom. The van der Waals surface area contributed by atoms with E-state index in [0.29, 0.717) is 5.56 Å². The zero-order valence-corrected chi connectivity index (χ0v) is 10.7. The van der Waals surface area contributed by atoms with Crippen molar-refractivity contribution in [2.24, 2.45) is 0 Å². The molecule has 1 aliphatic rings. The second kappa shape index (κ2) is 5.32. The quantitative estimate of drug-likeness (QED) is 0.826. The van der Waals surface area contributed by atoms with Crippen molar-refractivity contribution in [1.82, 2.24) is 5.32 Å². The largest absolute Gasteiger partial charge is 0.479 e. The Morgan fingerprint density at radius 3 is 2.95 bits per heavy atom. The summed E-state index contributed by atoms with van der Waals surface area (Å²) in [6.45, 7) is 3.36. The highest BCUT2D eigenvalue weighted by molar-refractivity contribution is 5.87. The zero-order valence-electron chi connectivity index (χ0n) is 10.7. The van der Waals surface area contributed by atoms with Crippen molar-refractivity contribution in [2.75, 3.05) is 6.61 Å². The smallest absolute Gasteiger partial charge is 0.408 e. The number of halogens is 1. The van der Waals surface area contributed by atoms with Gasteiger partial charge in [-0.3, -0.25) is 0 Å². The van der Waals surface area contributed by atoms with Crippen molar-refractivity contribution in [2.45, 2.75) is 18.4 Å². The van der Waals surface area contributed by atoms with E-state index in [1.165, 1.54) is 24.3 Å². The molecule has 1 aromatic carbocycles. The Labute approximate surface area is 115 Å². The standard InChI is InChI=1S/C14H14FNO4/c1-2-8-20-13(19)16-14(12(17)18)7-6-9-10(14)4-3-5-11(9)15/h2-5H,1,6-8H2,(H,16,19)(H,17,18). The van der Waals surface area contributed by atoms with Gasteiger partial charge < -0.3 is 15.2 Å². The molecule has 1 amide bonds. The number of fused-ring (bicyclic) bond motifs is 1. The molecule has 20 heavy (non-hydrogen) atoms. The number of hydrogen-bond donors (Lipinski definition) is 2. The summed E-state index contributed by atoms with van der Waals surface area (Å²) in [6, 6.07) is 4.20. The molecule has 1 unspecified atom stereocenters. The summed E-state index contributed by atoms with van der Waals surface area (Å²) in [5, 5.41) is 11.8. The molecule has 0 aromatic heterocycles. The van der Waals surface area contributed by atoms with Crippen molar-refractivity contribution in [3.63, 3.8) is 0 Å². The van der Waals surface area contributed by atoms with Gasteiger partial charge >= 0.3 is 12.1 Å². The van der Waals surface area contributed by atoms with E-state index in [1.54, 1.807) is 0 Å². The fourth-order valence-corrected chi connectivity index (χ4v) is 2.41. The number of nitrogens with one attached hydrogen (secondary N) is 1. The maximum atomic E-state index is 13.7. The van der Waals surface area contributed by atoms with E-state index in [1.807, 2.05) is 0 Å². The van der Waals surface area contributed by atoms with Crippen LogP contribution in [0.4, 0.5) is 9.18 Å². The summed E-state index contributed by atoms with van der Waals surface area (Å²) >= 11 is 0. The molecule has 0 spiro atoms. The van der Waals surface area contributed by atoms with Crippen LogP contribution in [0.3, 0.4) is 0 Å². The molecular formula is C14H14FNO4. The molecule has 0 bridgehead atoms. The van der Waals surface area contributed by atoms with Crippen LogP contribution < -0.4 is 5.32 Å². The summed E-state index contributed by atoms with van der Waals surface area (Å²) < 4.78 is 18.4. The number of carbonyl (C=O) groups is 2. The lowest BCUT2D eigenvalue weighted by atomic mass is 9.92. The Bertz CT molecular complexity index is 572. The minimum atomic E-state index is -1.64. The van der Waals surface area contributed by atoms with Gasteiger partial charge in [0.05, 0.1) is 0 Å². The zero-order chi connectivity index (χ0) is 14.8. The fourth-order valence-electron chi connectivity index (χ4n) is 2.41. The number of hydrogen-bond acceptors (Lipinski definition) is 3. The lowest BCUT2D eigenvalue weighted by Crippen LogP contribution is -2.50. The highest BCUT2D eigenvalue weighted by atomic mass is 19.1. The van der Waals surface area contributed by atoms with Crippen LogP contribution in [0.15, 0.2) is 30.9 Å². The Morgan fingerprint density at radius 2 is 2.30 bits per heavy atom. The monoisotopic (exact) mass is 279 g/mol. The van der Waals surface area contributed by atoms with Gasteiger partial charge in [-0.2, -0.15) is 0 Å². The number of carbonyl (C=O) groups excluding carboxylic acids is 1. The topological polar surface area (TPSA) is 75.6 Å². The number of alkyl carbamates (subject to hydrolysis) is 1. The first-order valence-corrected chi connectivity index (χ1v) is 6.08. The molecule has 1 aliphatic carbocycles. The Balaban J connectivity index is 2.35. The van der Waals surface area contributed by atoms with Crippen LogP contribution in [0.1, 0.15) is 17.5 Å². The molecule has 2 N–H and O–H groups in total. The van der Waals surface area contributed by atoms with Crippen molar-refractivity contribution < 1.29 is 23.8 Å². The third-order valence-corrected chi connectivity index (χ3v) is 3.34. The van der Waals surface area contributed by atoms with Gasteiger partial charge in [0.1, 0.15) is 12.4 Å². The van der Waals surface area contributed by atoms with Gasteiger partial charge in [-0.05, 0) is 30.0 Å². The molecule has 2 rings (SSSR count). The van der Waals surface area contributed by atoms with Gasteiger partial charge in [0.2, 0.25) is 0 Å². The molecule has 0 saturated heterocycles. The number of ether oxygens (including phenoxy) is 1. The van der Waals surface area contributed by atoms with E-state index >= 15 is 0 Å². The summed E-state index contributed by atoms with van der Waals surface area (Å²) in [6.07, 6.45) is 0.831. The van der Waals surface area contributed by atoms with Crippen LogP contribution in [-0.4, -0.2) is 23.8 Å². The van der Waals surface area contributed by atoms with Gasteiger partial charge in [-0.1, -0.05) is 24.8 Å². The van der Waals surface area contributed by atoms with Crippen molar-refractivity contribution >= 4 is 12.1 Å². The first-order chi connectivity index (χ1) is 9.51. The van der Waals surface area contributed by atoms with Gasteiger partial charge in [-0.15, -0.1) is 0 Å². The van der Waals surface area contributed by atoms with Crippen molar-refractivity contribution in [1.29, 1.82) is 0 Å². The van der Waals surface area contributed by atoms with Crippen molar-refractivity contribution in [3.8, 4) is 0 Å². The number of carboxylic acids is 1. The first kappa shape index (κ1) is 14.0. The summed E-state index contributed by atoms with van der Waals surface area (Å²) in [4.78, 5) is 23.2. The summed E-state index contributed by atoms with van der Waals surface area (Å²) in [7, 11) is 0. The Kier molecular flexibility index (Phi) is 3.74. The van der Waals surface area contributed by atoms with Crippen molar-refractivity contribution in [3.05, 3.63) is 47.8 Å². The molecule has 0 heterocycles. The lowest BCUT2D eigenvalue weighted by Gasteiger charge is -2.26. The van der Waals surface area contributed by atoms with Crippen LogP contribution in [0.25, 0.3) is 0 Å². The number of amides is 1. The van der Waals surface area contributed by atoms with Crippen LogP contribution in [0.5, 0.6) is 0 Å². The second-order valence-corrected chi connectivity index (χ2v) is 4.49. The van der Waals surface area contributed by atoms with E-state index < -0.39 is 23.4 Å². The van der Waals surface area contributed by atoms with Gasteiger partial charge in [-0.25, -0.2) is 14.0 Å². The average Bonchev–Trinajstić information content (AvgIpc) is 2.78. The third kappa shape index (κ3) is 2.24. The maximum Gasteiger partial charge on any atom is 0.408 e. The number of aliphatic carboxylic acids is 1. The van der Waals surface area contributed by atoms with Crippen LogP contribution in [-0.2, 0) is 21.5 Å². The molecule has 0 radical (unpaired) electrons. The number of benzene rings is 1. The molecular weight excluding hydrogens is 265 g/mol. The Hall–Kier alpha value is -2.37. The predicted octanol–water partition coefficient (Wildman–Crippen LogP) is 1.96. The minimum Gasteiger partial charge on any atom is -0.479 e. The summed E-state index contributed by atoms with van der Waals surface area (Å²) in [5.41, 5.74) is -1.06. The minimum absolute atomic E-state index is 0.0302. The molecule has 0 saturated carbocycles. The second-order valence-electron chi connectivity index (χ2n) is 4.49. The fraction of sp³-hybridized carbons (Fsp3) is 0.286. The third-order valence-electron chi connectivity index (χ3n) is 3.34. The highest BCUT2D eigenvalue weighted by Gasteiger charge is 2.48. The molecule has 0 fully saturated rings. The van der Waals surface area contributed by atoms with E-state index in [-0.39, 0.29) is 25.0 Å².